The second-order valence-corrected chi connectivity index (χ2v) is 6.07. The monoisotopic (exact) mass is 243 g/mol. The number of thioether (sulfide) groups is 1. The molecule has 1 saturated heterocycles. The Morgan fingerprint density at radius 2 is 2.47 bits per heavy atom. The molecule has 1 aromatic rings. The fourth-order valence-corrected chi connectivity index (χ4v) is 3.78. The summed E-state index contributed by atoms with van der Waals surface area (Å²) in [5, 5.41) is 4.16. The first-order chi connectivity index (χ1) is 7.38. The summed E-state index contributed by atoms with van der Waals surface area (Å²) in [6.45, 7) is 4.39. The number of aryl methyl sites for hydroxylation is 1. The molecule has 0 aliphatic carbocycles. The number of nitrogens with zero attached hydrogens (tertiary/aromatic N) is 2. The summed E-state index contributed by atoms with van der Waals surface area (Å²) in [7, 11) is 0. The van der Waals surface area contributed by atoms with Gasteiger partial charge in [0.25, 0.3) is 0 Å². The van der Waals surface area contributed by atoms with Crippen molar-refractivity contribution < 1.29 is 0 Å². The lowest BCUT2D eigenvalue weighted by atomic mass is 10.2. The maximum absolute atomic E-state index is 4.50. The third-order valence-electron chi connectivity index (χ3n) is 2.53. The van der Waals surface area contributed by atoms with Crippen molar-refractivity contribution in [3.05, 3.63) is 5.82 Å². The molecule has 5 heteroatoms. The highest BCUT2D eigenvalue weighted by atomic mass is 32.2. The number of hydrogen-bond donors (Lipinski definition) is 1. The molecule has 1 aromatic heterocycles. The van der Waals surface area contributed by atoms with Crippen LogP contribution < -0.4 is 5.32 Å². The van der Waals surface area contributed by atoms with Gasteiger partial charge < -0.3 is 5.32 Å². The highest BCUT2D eigenvalue weighted by molar-refractivity contribution is 8.01. The van der Waals surface area contributed by atoms with E-state index in [0.29, 0.717) is 5.25 Å². The van der Waals surface area contributed by atoms with Crippen LogP contribution in [0.15, 0.2) is 4.34 Å². The van der Waals surface area contributed by atoms with E-state index in [-0.39, 0.29) is 0 Å². The molecule has 84 valence electrons. The van der Waals surface area contributed by atoms with E-state index >= 15 is 0 Å². The van der Waals surface area contributed by atoms with E-state index in [4.69, 9.17) is 0 Å². The minimum Gasteiger partial charge on any atom is -0.316 e. The highest BCUT2D eigenvalue weighted by Gasteiger charge is 2.15. The van der Waals surface area contributed by atoms with E-state index < -0.39 is 0 Å². The normalized spacial score (nSPS) is 22.6. The Labute approximate surface area is 99.2 Å². The van der Waals surface area contributed by atoms with Crippen LogP contribution in [0.3, 0.4) is 0 Å². The summed E-state index contributed by atoms with van der Waals surface area (Å²) in [6.07, 6.45) is 4.90. The fraction of sp³-hybridized carbons (Fsp3) is 0.800. The summed E-state index contributed by atoms with van der Waals surface area (Å²) in [5.41, 5.74) is 0. The zero-order valence-electron chi connectivity index (χ0n) is 9.03. The van der Waals surface area contributed by atoms with Gasteiger partial charge in [0, 0.05) is 18.2 Å². The van der Waals surface area contributed by atoms with Gasteiger partial charge in [-0.25, -0.2) is 4.98 Å². The Morgan fingerprint density at radius 1 is 1.53 bits per heavy atom. The largest absolute Gasteiger partial charge is 0.316 e. The number of hydrogen-bond acceptors (Lipinski definition) is 5. The predicted molar refractivity (Wildman–Crippen MR) is 65.7 cm³/mol. The van der Waals surface area contributed by atoms with Gasteiger partial charge in [0.15, 0.2) is 4.34 Å². The van der Waals surface area contributed by atoms with E-state index in [2.05, 4.69) is 21.6 Å². The van der Waals surface area contributed by atoms with E-state index in [9.17, 15) is 0 Å². The number of nitrogens with one attached hydrogen (secondary N) is 1. The molecule has 0 bridgehead atoms. The third kappa shape index (κ3) is 3.43. The van der Waals surface area contributed by atoms with Gasteiger partial charge >= 0.3 is 0 Å². The van der Waals surface area contributed by atoms with Crippen LogP contribution >= 0.6 is 23.3 Å². The van der Waals surface area contributed by atoms with E-state index in [1.807, 2.05) is 11.8 Å². The molecular formula is C10H17N3S2. The number of rotatable bonds is 3. The third-order valence-corrected chi connectivity index (χ3v) is 4.63. The minimum absolute atomic E-state index is 0.685. The molecular weight excluding hydrogens is 226 g/mol. The molecule has 1 aliphatic rings. The Morgan fingerprint density at radius 3 is 3.27 bits per heavy atom. The van der Waals surface area contributed by atoms with Crippen LogP contribution in [0.2, 0.25) is 0 Å². The Balaban J connectivity index is 1.89. The Kier molecular flexibility index (Phi) is 4.41. The van der Waals surface area contributed by atoms with Crippen LogP contribution in [-0.2, 0) is 6.42 Å². The van der Waals surface area contributed by atoms with Crippen LogP contribution in [-0.4, -0.2) is 27.7 Å². The summed E-state index contributed by atoms with van der Waals surface area (Å²) in [4.78, 5) is 4.50. The van der Waals surface area contributed by atoms with Gasteiger partial charge in [0.05, 0.1) is 0 Å². The fourth-order valence-electron chi connectivity index (χ4n) is 1.66. The average Bonchev–Trinajstić information content (AvgIpc) is 2.54. The highest BCUT2D eigenvalue weighted by Crippen LogP contribution is 2.28. The summed E-state index contributed by atoms with van der Waals surface area (Å²) in [5.74, 6) is 0.990. The Bertz CT molecular complexity index is 293. The van der Waals surface area contributed by atoms with Crippen molar-refractivity contribution in [3.63, 3.8) is 0 Å². The van der Waals surface area contributed by atoms with Gasteiger partial charge in [0.1, 0.15) is 5.82 Å². The van der Waals surface area contributed by atoms with Crippen molar-refractivity contribution in [3.8, 4) is 0 Å². The van der Waals surface area contributed by atoms with Crippen molar-refractivity contribution in [2.45, 2.75) is 42.2 Å². The molecule has 2 heterocycles. The standard InChI is InChI=1S/C10H17N3S2/c1-2-9-12-10(15-13-9)14-8-5-3-4-6-11-7-8/h8,11H,2-7H2,1H3. The van der Waals surface area contributed by atoms with Gasteiger partial charge in [-0.05, 0) is 30.9 Å². The van der Waals surface area contributed by atoms with Crippen molar-refractivity contribution in [2.24, 2.45) is 0 Å². The quantitative estimate of drug-likeness (QED) is 0.884. The van der Waals surface area contributed by atoms with Gasteiger partial charge in [-0.1, -0.05) is 25.1 Å². The lowest BCUT2D eigenvalue weighted by Crippen LogP contribution is -2.22. The molecule has 1 N–H and O–H groups in total. The minimum atomic E-state index is 0.685. The average molecular weight is 243 g/mol. The lowest BCUT2D eigenvalue weighted by molar-refractivity contribution is 0.706. The summed E-state index contributed by atoms with van der Waals surface area (Å²) < 4.78 is 5.45. The first kappa shape index (κ1) is 11.4. The molecule has 1 unspecified atom stereocenters. The molecule has 0 saturated carbocycles. The van der Waals surface area contributed by atoms with Crippen LogP contribution in [0.4, 0.5) is 0 Å². The molecule has 1 aliphatic heterocycles. The van der Waals surface area contributed by atoms with Crippen LogP contribution in [0, 0.1) is 0 Å². The topological polar surface area (TPSA) is 37.8 Å². The second-order valence-electron chi connectivity index (χ2n) is 3.77. The molecule has 3 nitrogen and oxygen atoms in total. The van der Waals surface area contributed by atoms with Gasteiger partial charge in [0.2, 0.25) is 0 Å². The molecule has 1 fully saturated rings. The number of aromatic nitrogens is 2. The summed E-state index contributed by atoms with van der Waals surface area (Å²) >= 11 is 3.45. The van der Waals surface area contributed by atoms with Crippen molar-refractivity contribution in [1.82, 2.24) is 14.7 Å². The molecule has 0 radical (unpaired) electrons. The molecule has 0 amide bonds. The molecule has 2 rings (SSSR count). The van der Waals surface area contributed by atoms with E-state index in [1.54, 1.807) is 11.5 Å². The van der Waals surface area contributed by atoms with E-state index in [1.165, 1.54) is 25.8 Å². The maximum atomic E-state index is 4.50. The van der Waals surface area contributed by atoms with Crippen LogP contribution in [0.1, 0.15) is 32.0 Å². The smallest absolute Gasteiger partial charge is 0.170 e. The zero-order valence-corrected chi connectivity index (χ0v) is 10.7. The van der Waals surface area contributed by atoms with Gasteiger partial charge in [-0.15, -0.1) is 0 Å². The first-order valence-corrected chi connectivity index (χ1v) is 7.23. The van der Waals surface area contributed by atoms with Gasteiger partial charge in [-0.3, -0.25) is 0 Å². The Hall–Kier alpha value is -0.130. The second kappa shape index (κ2) is 5.82. The van der Waals surface area contributed by atoms with Crippen LogP contribution in [0.25, 0.3) is 0 Å². The van der Waals surface area contributed by atoms with Gasteiger partial charge in [-0.2, -0.15) is 4.37 Å². The SMILES string of the molecule is CCc1nsc(SC2CCCCNC2)n1. The van der Waals surface area contributed by atoms with Crippen molar-refractivity contribution in [2.75, 3.05) is 13.1 Å². The van der Waals surface area contributed by atoms with E-state index in [0.717, 1.165) is 23.1 Å². The van der Waals surface area contributed by atoms with Crippen LogP contribution in [0.5, 0.6) is 0 Å². The van der Waals surface area contributed by atoms with Crippen molar-refractivity contribution >= 4 is 23.3 Å². The lowest BCUT2D eigenvalue weighted by Gasteiger charge is -2.10. The van der Waals surface area contributed by atoms with Crippen molar-refractivity contribution in [1.29, 1.82) is 0 Å². The molecule has 15 heavy (non-hydrogen) atoms. The summed E-state index contributed by atoms with van der Waals surface area (Å²) in [6, 6.07) is 0. The molecule has 0 spiro atoms. The first-order valence-electron chi connectivity index (χ1n) is 5.58. The molecule has 1 atom stereocenters. The predicted octanol–water partition coefficient (Wildman–Crippen LogP) is 2.33. The maximum Gasteiger partial charge on any atom is 0.170 e. The zero-order chi connectivity index (χ0) is 10.5. The molecule has 0 aromatic carbocycles.